The zero-order valence-electron chi connectivity index (χ0n) is 17.5. The minimum atomic E-state index is -0.428. The predicted octanol–water partition coefficient (Wildman–Crippen LogP) is 2.72. The molecule has 1 heterocycles. The van der Waals surface area contributed by atoms with Crippen molar-refractivity contribution in [3.63, 3.8) is 0 Å². The fourth-order valence-electron chi connectivity index (χ4n) is 3.06. The molecule has 0 radical (unpaired) electrons. The normalized spacial score (nSPS) is 10.9. The molecule has 1 aromatic heterocycles. The maximum Gasteiger partial charge on any atom is 0.335 e. The van der Waals surface area contributed by atoms with Gasteiger partial charge in [0.2, 0.25) is 0 Å². The van der Waals surface area contributed by atoms with Crippen LogP contribution in [0.2, 0.25) is 0 Å². The van der Waals surface area contributed by atoms with E-state index in [9.17, 15) is 9.59 Å². The summed E-state index contributed by atoms with van der Waals surface area (Å²) in [6.45, 7) is 10.5. The molecule has 7 heteroatoms. The minimum Gasteiger partial charge on any atom is -0.490 e. The molecule has 0 atom stereocenters. The van der Waals surface area contributed by atoms with Gasteiger partial charge in [0.15, 0.2) is 0 Å². The zero-order chi connectivity index (χ0) is 21.2. The second kappa shape index (κ2) is 11.4. The largest absolute Gasteiger partial charge is 0.490 e. The molecule has 0 amide bonds. The highest BCUT2D eigenvalue weighted by Crippen LogP contribution is 2.18. The standard InChI is InChI=1S/C22H30N2O5/c1-5-12-29-18-11-9-10-17(13-18)14-20-19(6-2)21(25)24(16-28-8-4)22(26)23(20)15-27-7-3/h5,9-11,13H,1,6-8,12,14-16H2,2-4H3. The Bertz CT molecular complexity index is 930. The topological polar surface area (TPSA) is 71.7 Å². The van der Waals surface area contributed by atoms with Gasteiger partial charge in [0.1, 0.15) is 25.8 Å². The van der Waals surface area contributed by atoms with Gasteiger partial charge >= 0.3 is 5.69 Å². The average Bonchev–Trinajstić information content (AvgIpc) is 2.72. The van der Waals surface area contributed by atoms with Crippen LogP contribution in [0.4, 0.5) is 0 Å². The molecule has 0 saturated heterocycles. The fraction of sp³-hybridized carbons (Fsp3) is 0.455. The van der Waals surface area contributed by atoms with Crippen molar-refractivity contribution in [2.24, 2.45) is 0 Å². The van der Waals surface area contributed by atoms with E-state index >= 15 is 0 Å². The summed E-state index contributed by atoms with van der Waals surface area (Å²) in [7, 11) is 0. The molecule has 7 nitrogen and oxygen atoms in total. The second-order valence-electron chi connectivity index (χ2n) is 6.39. The molecule has 158 valence electrons. The third kappa shape index (κ3) is 5.68. The molecule has 0 spiro atoms. The monoisotopic (exact) mass is 402 g/mol. The van der Waals surface area contributed by atoms with E-state index < -0.39 is 5.69 Å². The van der Waals surface area contributed by atoms with Crippen LogP contribution in [0.25, 0.3) is 0 Å². The lowest BCUT2D eigenvalue weighted by Gasteiger charge is -2.19. The van der Waals surface area contributed by atoms with Gasteiger partial charge in [-0.1, -0.05) is 31.7 Å². The minimum absolute atomic E-state index is 0.0710. The van der Waals surface area contributed by atoms with Gasteiger partial charge in [-0.15, -0.1) is 0 Å². The van der Waals surface area contributed by atoms with Crippen LogP contribution in [0.3, 0.4) is 0 Å². The first-order valence-corrected chi connectivity index (χ1v) is 9.90. The lowest BCUT2D eigenvalue weighted by Crippen LogP contribution is -2.44. The Hall–Kier alpha value is -2.64. The molecule has 0 aliphatic carbocycles. The van der Waals surface area contributed by atoms with E-state index in [0.29, 0.717) is 49.7 Å². The maximum absolute atomic E-state index is 13.0. The van der Waals surface area contributed by atoms with Crippen LogP contribution in [0.15, 0.2) is 46.5 Å². The van der Waals surface area contributed by atoms with Crippen molar-refractivity contribution in [1.82, 2.24) is 9.13 Å². The Morgan fingerprint density at radius 3 is 2.34 bits per heavy atom. The molecule has 1 aromatic carbocycles. The van der Waals surface area contributed by atoms with E-state index in [1.165, 1.54) is 4.57 Å². The smallest absolute Gasteiger partial charge is 0.335 e. The van der Waals surface area contributed by atoms with Crippen LogP contribution in [-0.2, 0) is 35.8 Å². The van der Waals surface area contributed by atoms with Crippen LogP contribution in [0.5, 0.6) is 5.75 Å². The highest BCUT2D eigenvalue weighted by atomic mass is 16.5. The van der Waals surface area contributed by atoms with Gasteiger partial charge in [0, 0.05) is 30.9 Å². The summed E-state index contributed by atoms with van der Waals surface area (Å²) in [6, 6.07) is 7.60. The quantitative estimate of drug-likeness (QED) is 0.511. The van der Waals surface area contributed by atoms with E-state index in [0.717, 1.165) is 10.1 Å². The van der Waals surface area contributed by atoms with E-state index in [2.05, 4.69) is 6.58 Å². The molecule has 29 heavy (non-hydrogen) atoms. The molecule has 0 aliphatic heterocycles. The van der Waals surface area contributed by atoms with Gasteiger partial charge in [-0.2, -0.15) is 0 Å². The zero-order valence-corrected chi connectivity index (χ0v) is 17.5. The Kier molecular flexibility index (Phi) is 8.89. The molecular weight excluding hydrogens is 372 g/mol. The van der Waals surface area contributed by atoms with Crippen LogP contribution in [0.1, 0.15) is 37.6 Å². The first-order chi connectivity index (χ1) is 14.1. The van der Waals surface area contributed by atoms with Crippen molar-refractivity contribution in [3.8, 4) is 5.75 Å². The second-order valence-corrected chi connectivity index (χ2v) is 6.39. The number of hydrogen-bond acceptors (Lipinski definition) is 5. The Morgan fingerprint density at radius 1 is 1.03 bits per heavy atom. The molecule has 2 aromatic rings. The summed E-state index contributed by atoms with van der Waals surface area (Å²) in [6.07, 6.45) is 2.60. The summed E-state index contributed by atoms with van der Waals surface area (Å²) in [5.41, 5.74) is 1.44. The number of benzene rings is 1. The third-order valence-corrected chi connectivity index (χ3v) is 4.48. The number of ether oxygens (including phenoxy) is 3. The number of aromatic nitrogens is 2. The van der Waals surface area contributed by atoms with Crippen molar-refractivity contribution in [2.45, 2.75) is 47.1 Å². The predicted molar refractivity (Wildman–Crippen MR) is 113 cm³/mol. The van der Waals surface area contributed by atoms with Crippen LogP contribution in [-0.4, -0.2) is 29.0 Å². The fourth-order valence-corrected chi connectivity index (χ4v) is 3.06. The van der Waals surface area contributed by atoms with Crippen molar-refractivity contribution in [1.29, 1.82) is 0 Å². The Labute approximate surface area is 171 Å². The summed E-state index contributed by atoms with van der Waals surface area (Å²) >= 11 is 0. The lowest BCUT2D eigenvalue weighted by atomic mass is 10.0. The van der Waals surface area contributed by atoms with Crippen LogP contribution < -0.4 is 16.0 Å². The third-order valence-electron chi connectivity index (χ3n) is 4.48. The molecule has 0 aliphatic rings. The summed E-state index contributed by atoms with van der Waals surface area (Å²) in [5, 5.41) is 0. The molecule has 0 saturated carbocycles. The van der Waals surface area contributed by atoms with Crippen LogP contribution >= 0.6 is 0 Å². The van der Waals surface area contributed by atoms with E-state index in [1.54, 1.807) is 6.08 Å². The Morgan fingerprint density at radius 2 is 1.72 bits per heavy atom. The van der Waals surface area contributed by atoms with Gasteiger partial charge in [0.05, 0.1) is 0 Å². The van der Waals surface area contributed by atoms with Gasteiger partial charge < -0.3 is 14.2 Å². The van der Waals surface area contributed by atoms with Crippen molar-refractivity contribution >= 4 is 0 Å². The number of nitrogens with zero attached hydrogens (tertiary/aromatic N) is 2. The highest BCUT2D eigenvalue weighted by molar-refractivity contribution is 5.33. The van der Waals surface area contributed by atoms with Crippen LogP contribution in [0, 0.1) is 0 Å². The first-order valence-electron chi connectivity index (χ1n) is 9.90. The van der Waals surface area contributed by atoms with Gasteiger partial charge in [-0.25, -0.2) is 9.36 Å². The molecule has 2 rings (SSSR count). The molecular formula is C22H30N2O5. The first kappa shape index (κ1) is 22.6. The number of hydrogen-bond donors (Lipinski definition) is 0. The molecule has 0 fully saturated rings. The number of rotatable bonds is 12. The van der Waals surface area contributed by atoms with Gasteiger partial charge in [-0.05, 0) is 38.0 Å². The van der Waals surface area contributed by atoms with E-state index in [4.69, 9.17) is 14.2 Å². The van der Waals surface area contributed by atoms with Crippen molar-refractivity contribution < 1.29 is 14.2 Å². The highest BCUT2D eigenvalue weighted by Gasteiger charge is 2.18. The summed E-state index contributed by atoms with van der Waals surface area (Å²) in [4.78, 5) is 26.0. The van der Waals surface area contributed by atoms with Gasteiger partial charge in [0.25, 0.3) is 5.56 Å². The average molecular weight is 402 g/mol. The SMILES string of the molecule is C=CCOc1cccc(Cc2c(CC)c(=O)n(COCC)c(=O)n2COCC)c1. The maximum atomic E-state index is 13.0. The van der Waals surface area contributed by atoms with Crippen molar-refractivity contribution in [2.75, 3.05) is 19.8 Å². The van der Waals surface area contributed by atoms with E-state index in [-0.39, 0.29) is 19.0 Å². The van der Waals surface area contributed by atoms with Crippen molar-refractivity contribution in [3.05, 3.63) is 74.6 Å². The Balaban J connectivity index is 2.55. The summed E-state index contributed by atoms with van der Waals surface area (Å²) in [5.74, 6) is 0.712. The van der Waals surface area contributed by atoms with E-state index in [1.807, 2.05) is 45.0 Å². The summed E-state index contributed by atoms with van der Waals surface area (Å²) < 4.78 is 19.1. The lowest BCUT2D eigenvalue weighted by molar-refractivity contribution is 0.0645. The molecule has 0 unspecified atom stereocenters. The molecule has 0 bridgehead atoms. The molecule has 0 N–H and O–H groups in total. The van der Waals surface area contributed by atoms with Gasteiger partial charge in [-0.3, -0.25) is 9.36 Å².